The third kappa shape index (κ3) is 2.44. The predicted molar refractivity (Wildman–Crippen MR) is 71.4 cm³/mol. The van der Waals surface area contributed by atoms with Crippen molar-refractivity contribution < 1.29 is 0 Å². The number of hydrogen-bond acceptors (Lipinski definition) is 5. The zero-order chi connectivity index (χ0) is 12.3. The van der Waals surface area contributed by atoms with E-state index in [0.29, 0.717) is 0 Å². The van der Waals surface area contributed by atoms with Crippen molar-refractivity contribution in [3.05, 3.63) is 23.0 Å². The summed E-state index contributed by atoms with van der Waals surface area (Å²) in [6, 6.07) is 0. The van der Waals surface area contributed by atoms with Crippen molar-refractivity contribution in [3.63, 3.8) is 0 Å². The second kappa shape index (κ2) is 5.23. The molecule has 90 valence electrons. The summed E-state index contributed by atoms with van der Waals surface area (Å²) in [4.78, 5) is 14.2. The normalized spacial score (nSPS) is 10.5. The Morgan fingerprint density at radius 3 is 2.71 bits per heavy atom. The summed E-state index contributed by atoms with van der Waals surface area (Å²) in [5.41, 5.74) is 4.04. The number of anilines is 1. The number of aromatic nitrogens is 3. The van der Waals surface area contributed by atoms with Crippen LogP contribution in [-0.4, -0.2) is 21.5 Å². The summed E-state index contributed by atoms with van der Waals surface area (Å²) in [7, 11) is 0. The van der Waals surface area contributed by atoms with Gasteiger partial charge in [0.25, 0.3) is 0 Å². The van der Waals surface area contributed by atoms with Gasteiger partial charge in [0.05, 0.1) is 10.4 Å². The molecule has 0 spiro atoms. The maximum atomic E-state index is 4.58. The maximum Gasteiger partial charge on any atom is 0.173 e. The van der Waals surface area contributed by atoms with Gasteiger partial charge in [0, 0.05) is 24.0 Å². The van der Waals surface area contributed by atoms with Crippen LogP contribution in [0.3, 0.4) is 0 Å². The zero-order valence-electron chi connectivity index (χ0n) is 10.3. The summed E-state index contributed by atoms with van der Waals surface area (Å²) in [5, 5.41) is 3.30. The highest BCUT2D eigenvalue weighted by molar-refractivity contribution is 7.13. The standard InChI is InChI=1S/C12H16N4S/c1-4-9-8(3)15-12(10-6-13-7-17-10)16-11(9)14-5-2/h6-7H,4-5H2,1-3H3,(H,14,15,16). The SMILES string of the molecule is CCNc1nc(-c2cncs2)nc(C)c1CC. The molecule has 4 nitrogen and oxygen atoms in total. The lowest BCUT2D eigenvalue weighted by atomic mass is 10.1. The van der Waals surface area contributed by atoms with Gasteiger partial charge < -0.3 is 5.32 Å². The predicted octanol–water partition coefficient (Wildman–Crippen LogP) is 2.90. The maximum absolute atomic E-state index is 4.58. The van der Waals surface area contributed by atoms with Crippen molar-refractivity contribution in [2.75, 3.05) is 11.9 Å². The van der Waals surface area contributed by atoms with Gasteiger partial charge >= 0.3 is 0 Å². The highest BCUT2D eigenvalue weighted by atomic mass is 32.1. The minimum atomic E-state index is 0.762. The molecular formula is C12H16N4S. The summed E-state index contributed by atoms with van der Waals surface area (Å²) in [5.74, 6) is 1.71. The Bertz CT molecular complexity index is 493. The molecule has 2 aromatic rings. The average Bonchev–Trinajstić information content (AvgIpc) is 2.82. The first-order chi connectivity index (χ1) is 8.26. The molecule has 0 bridgehead atoms. The molecule has 0 saturated heterocycles. The van der Waals surface area contributed by atoms with Crippen molar-refractivity contribution >= 4 is 17.2 Å². The smallest absolute Gasteiger partial charge is 0.173 e. The monoisotopic (exact) mass is 248 g/mol. The molecule has 2 aromatic heterocycles. The van der Waals surface area contributed by atoms with E-state index in [-0.39, 0.29) is 0 Å². The third-order valence-electron chi connectivity index (χ3n) is 2.56. The van der Waals surface area contributed by atoms with Gasteiger partial charge in [-0.15, -0.1) is 11.3 Å². The molecule has 0 radical (unpaired) electrons. The van der Waals surface area contributed by atoms with Crippen LogP contribution in [0, 0.1) is 6.92 Å². The molecule has 0 fully saturated rings. The Morgan fingerprint density at radius 2 is 2.12 bits per heavy atom. The molecule has 0 atom stereocenters. The van der Waals surface area contributed by atoms with Gasteiger partial charge in [0.1, 0.15) is 5.82 Å². The van der Waals surface area contributed by atoms with Crippen LogP contribution in [0.5, 0.6) is 0 Å². The fraction of sp³-hybridized carbons (Fsp3) is 0.417. The second-order valence-electron chi connectivity index (χ2n) is 3.71. The Hall–Kier alpha value is -1.49. The molecule has 2 rings (SSSR count). The topological polar surface area (TPSA) is 50.7 Å². The first-order valence-corrected chi connectivity index (χ1v) is 6.64. The molecule has 0 unspecified atom stereocenters. The van der Waals surface area contributed by atoms with Gasteiger partial charge in [-0.25, -0.2) is 9.97 Å². The lowest BCUT2D eigenvalue weighted by Gasteiger charge is -2.11. The number of nitrogens with one attached hydrogen (secondary N) is 1. The fourth-order valence-corrected chi connectivity index (χ4v) is 2.32. The summed E-state index contributed by atoms with van der Waals surface area (Å²) in [6.45, 7) is 7.10. The third-order valence-corrected chi connectivity index (χ3v) is 3.33. The zero-order valence-corrected chi connectivity index (χ0v) is 11.1. The van der Waals surface area contributed by atoms with Gasteiger partial charge in [0.2, 0.25) is 0 Å². The number of nitrogens with zero attached hydrogens (tertiary/aromatic N) is 3. The van der Waals surface area contributed by atoms with Gasteiger partial charge in [-0.3, -0.25) is 4.98 Å². The molecule has 5 heteroatoms. The van der Waals surface area contributed by atoms with Crippen molar-refractivity contribution in [3.8, 4) is 10.7 Å². The van der Waals surface area contributed by atoms with Gasteiger partial charge in [0.15, 0.2) is 5.82 Å². The van der Waals surface area contributed by atoms with Crippen molar-refractivity contribution in [1.82, 2.24) is 15.0 Å². The molecular weight excluding hydrogens is 232 g/mol. The highest BCUT2D eigenvalue weighted by Gasteiger charge is 2.11. The number of aryl methyl sites for hydroxylation is 1. The first-order valence-electron chi connectivity index (χ1n) is 5.76. The van der Waals surface area contributed by atoms with E-state index in [0.717, 1.165) is 35.2 Å². The Morgan fingerprint density at radius 1 is 1.29 bits per heavy atom. The van der Waals surface area contributed by atoms with E-state index in [1.54, 1.807) is 23.0 Å². The van der Waals surface area contributed by atoms with Gasteiger partial charge in [-0.2, -0.15) is 0 Å². The number of thiazole rings is 1. The minimum absolute atomic E-state index is 0.762. The minimum Gasteiger partial charge on any atom is -0.370 e. The van der Waals surface area contributed by atoms with E-state index in [9.17, 15) is 0 Å². The van der Waals surface area contributed by atoms with Crippen LogP contribution in [-0.2, 0) is 6.42 Å². The van der Waals surface area contributed by atoms with Gasteiger partial charge in [-0.05, 0) is 20.3 Å². The molecule has 0 aromatic carbocycles. The molecule has 17 heavy (non-hydrogen) atoms. The lowest BCUT2D eigenvalue weighted by Crippen LogP contribution is -2.07. The van der Waals surface area contributed by atoms with Crippen LogP contribution in [0.4, 0.5) is 5.82 Å². The summed E-state index contributed by atoms with van der Waals surface area (Å²) < 4.78 is 0. The van der Waals surface area contributed by atoms with Crippen LogP contribution in [0.1, 0.15) is 25.1 Å². The van der Waals surface area contributed by atoms with Crippen LogP contribution in [0.2, 0.25) is 0 Å². The van der Waals surface area contributed by atoms with E-state index < -0.39 is 0 Å². The molecule has 0 aliphatic heterocycles. The second-order valence-corrected chi connectivity index (χ2v) is 4.60. The molecule has 0 saturated carbocycles. The van der Waals surface area contributed by atoms with Crippen LogP contribution < -0.4 is 5.32 Å². The van der Waals surface area contributed by atoms with Gasteiger partial charge in [-0.1, -0.05) is 6.92 Å². The molecule has 2 heterocycles. The number of rotatable bonds is 4. The van der Waals surface area contributed by atoms with E-state index >= 15 is 0 Å². The van der Waals surface area contributed by atoms with Crippen LogP contribution in [0.15, 0.2) is 11.7 Å². The van der Waals surface area contributed by atoms with E-state index in [1.165, 1.54) is 5.56 Å². The Kier molecular flexibility index (Phi) is 3.68. The summed E-state index contributed by atoms with van der Waals surface area (Å²) in [6.07, 6.45) is 2.75. The van der Waals surface area contributed by atoms with Crippen molar-refractivity contribution in [2.24, 2.45) is 0 Å². The molecule has 0 aliphatic rings. The fourth-order valence-electron chi connectivity index (χ4n) is 1.77. The Balaban J connectivity index is 2.50. The van der Waals surface area contributed by atoms with Crippen molar-refractivity contribution in [1.29, 1.82) is 0 Å². The Labute approximate surface area is 105 Å². The molecule has 0 amide bonds. The summed E-state index contributed by atoms with van der Waals surface area (Å²) >= 11 is 1.56. The highest BCUT2D eigenvalue weighted by Crippen LogP contribution is 2.24. The van der Waals surface area contributed by atoms with E-state index in [4.69, 9.17) is 0 Å². The number of hydrogen-bond donors (Lipinski definition) is 1. The van der Waals surface area contributed by atoms with E-state index in [1.807, 2.05) is 6.92 Å². The average molecular weight is 248 g/mol. The van der Waals surface area contributed by atoms with Crippen molar-refractivity contribution in [2.45, 2.75) is 27.2 Å². The quantitative estimate of drug-likeness (QED) is 0.904. The molecule has 1 N–H and O–H groups in total. The first kappa shape index (κ1) is 12.0. The largest absolute Gasteiger partial charge is 0.370 e. The molecule has 0 aliphatic carbocycles. The van der Waals surface area contributed by atoms with Crippen LogP contribution >= 0.6 is 11.3 Å². The lowest BCUT2D eigenvalue weighted by molar-refractivity contribution is 0.991. The van der Waals surface area contributed by atoms with E-state index in [2.05, 4.69) is 34.1 Å². The van der Waals surface area contributed by atoms with Crippen LogP contribution in [0.25, 0.3) is 10.7 Å².